The van der Waals surface area contributed by atoms with Crippen molar-refractivity contribution in [3.63, 3.8) is 0 Å². The van der Waals surface area contributed by atoms with Crippen molar-refractivity contribution >= 4 is 23.4 Å². The standard InChI is InChI=1S/C21H21FN4OS/c1-2-14-5-3-4-6-18(14)23-19(27)13-28-21-25-24-20(26(21)17-11-12-17)15-7-9-16(22)10-8-15/h3-10,17H,2,11-13H2,1H3,(H,23,27). The highest BCUT2D eigenvalue weighted by molar-refractivity contribution is 7.99. The number of hydrogen-bond acceptors (Lipinski definition) is 4. The van der Waals surface area contributed by atoms with E-state index in [1.807, 2.05) is 24.3 Å². The van der Waals surface area contributed by atoms with Crippen molar-refractivity contribution in [3.05, 3.63) is 59.9 Å². The van der Waals surface area contributed by atoms with Crippen molar-refractivity contribution in [3.8, 4) is 11.4 Å². The lowest BCUT2D eigenvalue weighted by Crippen LogP contribution is -2.15. The molecule has 1 amide bonds. The Balaban J connectivity index is 1.48. The highest BCUT2D eigenvalue weighted by Gasteiger charge is 2.30. The van der Waals surface area contributed by atoms with Crippen LogP contribution in [-0.2, 0) is 11.2 Å². The molecule has 1 heterocycles. The van der Waals surface area contributed by atoms with Gasteiger partial charge in [-0.3, -0.25) is 9.36 Å². The van der Waals surface area contributed by atoms with Gasteiger partial charge in [-0.25, -0.2) is 4.39 Å². The van der Waals surface area contributed by atoms with Crippen LogP contribution in [0.2, 0.25) is 0 Å². The molecule has 1 aromatic heterocycles. The van der Waals surface area contributed by atoms with Gasteiger partial charge in [0.15, 0.2) is 11.0 Å². The minimum Gasteiger partial charge on any atom is -0.325 e. The highest BCUT2D eigenvalue weighted by Crippen LogP contribution is 2.41. The monoisotopic (exact) mass is 396 g/mol. The topological polar surface area (TPSA) is 59.8 Å². The second-order valence-corrected chi connectivity index (χ2v) is 7.70. The molecule has 2 aromatic carbocycles. The van der Waals surface area contributed by atoms with Crippen LogP contribution in [0.3, 0.4) is 0 Å². The number of amides is 1. The number of carbonyl (C=O) groups is 1. The Morgan fingerprint density at radius 3 is 2.64 bits per heavy atom. The predicted octanol–water partition coefficient (Wildman–Crippen LogP) is 4.71. The number of benzene rings is 2. The Kier molecular flexibility index (Phi) is 5.43. The van der Waals surface area contributed by atoms with E-state index in [-0.39, 0.29) is 17.5 Å². The third kappa shape index (κ3) is 4.09. The smallest absolute Gasteiger partial charge is 0.234 e. The molecule has 0 radical (unpaired) electrons. The van der Waals surface area contributed by atoms with Crippen molar-refractivity contribution < 1.29 is 9.18 Å². The molecule has 0 atom stereocenters. The molecule has 1 aliphatic rings. The average molecular weight is 396 g/mol. The van der Waals surface area contributed by atoms with Crippen molar-refractivity contribution in [1.82, 2.24) is 14.8 Å². The molecule has 0 saturated heterocycles. The fraction of sp³-hybridized carbons (Fsp3) is 0.286. The second kappa shape index (κ2) is 8.14. The van der Waals surface area contributed by atoms with E-state index in [1.54, 1.807) is 12.1 Å². The molecule has 28 heavy (non-hydrogen) atoms. The van der Waals surface area contributed by atoms with E-state index in [4.69, 9.17) is 0 Å². The molecule has 0 unspecified atom stereocenters. The summed E-state index contributed by atoms with van der Waals surface area (Å²) in [6, 6.07) is 14.4. The maximum Gasteiger partial charge on any atom is 0.234 e. The highest BCUT2D eigenvalue weighted by atomic mass is 32.2. The molecule has 4 rings (SSSR count). The van der Waals surface area contributed by atoms with Gasteiger partial charge in [0, 0.05) is 17.3 Å². The molecule has 0 spiro atoms. The number of anilines is 1. The van der Waals surface area contributed by atoms with Crippen LogP contribution < -0.4 is 5.32 Å². The first-order valence-corrected chi connectivity index (χ1v) is 10.4. The first-order chi connectivity index (χ1) is 13.7. The van der Waals surface area contributed by atoms with Gasteiger partial charge in [0.2, 0.25) is 5.91 Å². The minimum atomic E-state index is -0.278. The fourth-order valence-electron chi connectivity index (χ4n) is 3.10. The molecule has 7 heteroatoms. The zero-order valence-corrected chi connectivity index (χ0v) is 16.4. The van der Waals surface area contributed by atoms with E-state index in [2.05, 4.69) is 27.0 Å². The number of para-hydroxylation sites is 1. The molecular formula is C21H21FN4OS. The van der Waals surface area contributed by atoms with Crippen LogP contribution in [0.25, 0.3) is 11.4 Å². The molecular weight excluding hydrogens is 375 g/mol. The number of carbonyl (C=O) groups excluding carboxylic acids is 1. The number of aryl methyl sites for hydroxylation is 1. The van der Waals surface area contributed by atoms with Gasteiger partial charge in [0.05, 0.1) is 5.75 Å². The summed E-state index contributed by atoms with van der Waals surface area (Å²) in [4.78, 5) is 12.4. The summed E-state index contributed by atoms with van der Waals surface area (Å²) < 4.78 is 15.3. The zero-order chi connectivity index (χ0) is 19.5. The second-order valence-electron chi connectivity index (χ2n) is 6.76. The van der Waals surface area contributed by atoms with Crippen LogP contribution >= 0.6 is 11.8 Å². The maximum atomic E-state index is 13.2. The van der Waals surface area contributed by atoms with Crippen LogP contribution in [0.1, 0.15) is 31.4 Å². The largest absolute Gasteiger partial charge is 0.325 e. The molecule has 0 aliphatic heterocycles. The Hall–Kier alpha value is -2.67. The number of hydrogen-bond donors (Lipinski definition) is 1. The number of aromatic nitrogens is 3. The molecule has 0 bridgehead atoms. The van der Waals surface area contributed by atoms with E-state index in [0.29, 0.717) is 6.04 Å². The summed E-state index contributed by atoms with van der Waals surface area (Å²) in [7, 11) is 0. The first-order valence-electron chi connectivity index (χ1n) is 9.37. The summed E-state index contributed by atoms with van der Waals surface area (Å²) in [5.74, 6) is 0.632. The van der Waals surface area contributed by atoms with E-state index in [9.17, 15) is 9.18 Å². The molecule has 1 saturated carbocycles. The minimum absolute atomic E-state index is 0.0698. The van der Waals surface area contributed by atoms with Gasteiger partial charge in [0.1, 0.15) is 5.82 Å². The lowest BCUT2D eigenvalue weighted by atomic mass is 10.1. The molecule has 5 nitrogen and oxygen atoms in total. The molecule has 3 aromatic rings. The average Bonchev–Trinajstić information content (AvgIpc) is 3.46. The van der Waals surface area contributed by atoms with Gasteiger partial charge < -0.3 is 5.32 Å². The molecule has 1 fully saturated rings. The van der Waals surface area contributed by atoms with Crippen LogP contribution in [0, 0.1) is 5.82 Å². The number of thioether (sulfide) groups is 1. The van der Waals surface area contributed by atoms with Crippen molar-refractivity contribution in [2.75, 3.05) is 11.1 Å². The Bertz CT molecular complexity index is 982. The normalized spacial score (nSPS) is 13.5. The van der Waals surface area contributed by atoms with Crippen molar-refractivity contribution in [1.29, 1.82) is 0 Å². The van der Waals surface area contributed by atoms with E-state index in [1.165, 1.54) is 23.9 Å². The lowest BCUT2D eigenvalue weighted by Gasteiger charge is -2.10. The van der Waals surface area contributed by atoms with Crippen LogP contribution in [0.4, 0.5) is 10.1 Å². The van der Waals surface area contributed by atoms with Crippen LogP contribution in [-0.4, -0.2) is 26.4 Å². The van der Waals surface area contributed by atoms with Gasteiger partial charge in [-0.15, -0.1) is 10.2 Å². The third-order valence-corrected chi connectivity index (χ3v) is 5.63. The van der Waals surface area contributed by atoms with E-state index >= 15 is 0 Å². The predicted molar refractivity (Wildman–Crippen MR) is 109 cm³/mol. The van der Waals surface area contributed by atoms with Crippen molar-refractivity contribution in [2.24, 2.45) is 0 Å². The SMILES string of the molecule is CCc1ccccc1NC(=O)CSc1nnc(-c2ccc(F)cc2)n1C1CC1. The third-order valence-electron chi connectivity index (χ3n) is 4.68. The molecule has 144 valence electrons. The van der Waals surface area contributed by atoms with Gasteiger partial charge in [-0.2, -0.15) is 0 Å². The number of halogens is 1. The van der Waals surface area contributed by atoms with Gasteiger partial charge in [-0.1, -0.05) is 36.9 Å². The Morgan fingerprint density at radius 2 is 1.93 bits per heavy atom. The quantitative estimate of drug-likeness (QED) is 0.588. The zero-order valence-electron chi connectivity index (χ0n) is 15.6. The van der Waals surface area contributed by atoms with Gasteiger partial charge in [0.25, 0.3) is 0 Å². The summed E-state index contributed by atoms with van der Waals surface area (Å²) in [5, 5.41) is 12.3. The van der Waals surface area contributed by atoms with E-state index < -0.39 is 0 Å². The summed E-state index contributed by atoms with van der Waals surface area (Å²) in [6.07, 6.45) is 2.99. The van der Waals surface area contributed by atoms with E-state index in [0.717, 1.165) is 47.1 Å². The van der Waals surface area contributed by atoms with Gasteiger partial charge >= 0.3 is 0 Å². The summed E-state index contributed by atoms with van der Waals surface area (Å²) >= 11 is 1.38. The number of rotatable bonds is 7. The van der Waals surface area contributed by atoms with Crippen LogP contribution in [0.15, 0.2) is 53.7 Å². The van der Waals surface area contributed by atoms with Crippen LogP contribution in [0.5, 0.6) is 0 Å². The number of nitrogens with zero attached hydrogens (tertiary/aromatic N) is 3. The van der Waals surface area contributed by atoms with Gasteiger partial charge in [-0.05, 0) is 55.2 Å². The summed E-state index contributed by atoms with van der Waals surface area (Å²) in [6.45, 7) is 2.06. The Morgan fingerprint density at radius 1 is 1.18 bits per heavy atom. The molecule has 1 aliphatic carbocycles. The fourth-order valence-corrected chi connectivity index (χ4v) is 3.91. The summed E-state index contributed by atoms with van der Waals surface area (Å²) in [5.41, 5.74) is 2.79. The Labute approximate surface area is 167 Å². The maximum absolute atomic E-state index is 13.2. The lowest BCUT2D eigenvalue weighted by molar-refractivity contribution is -0.113. The van der Waals surface area contributed by atoms with Crippen molar-refractivity contribution in [2.45, 2.75) is 37.4 Å². The first kappa shape index (κ1) is 18.7. The number of nitrogens with one attached hydrogen (secondary N) is 1. The molecule has 1 N–H and O–H groups in total.